The molecule has 1 saturated heterocycles. The molecular weight excluding hydrogens is 362 g/mol. The molecule has 4 N–H and O–H groups in total. The standard InChI is InChI=1S/C19H21N5O2S/c20-17(25)10-24-7-3-4-12(9-24)18(26)23-19-22-16(11-27-19)14-8-21-15-6-2-1-5-13(14)15/h1-2,5-6,8,11-12,21H,3-4,7,9-10H2,(H2,20,25)(H,22,23,26)/t12-/m0/s1. The highest BCUT2D eigenvalue weighted by molar-refractivity contribution is 7.14. The number of H-pyrrole nitrogens is 1. The van der Waals surface area contributed by atoms with Gasteiger partial charge in [-0.2, -0.15) is 0 Å². The van der Waals surface area contributed by atoms with Crippen molar-refractivity contribution in [2.45, 2.75) is 12.8 Å². The summed E-state index contributed by atoms with van der Waals surface area (Å²) in [5.41, 5.74) is 8.18. The van der Waals surface area contributed by atoms with Gasteiger partial charge in [-0.3, -0.25) is 14.5 Å². The number of rotatable bonds is 5. The summed E-state index contributed by atoms with van der Waals surface area (Å²) in [5, 5.41) is 6.58. The molecule has 0 aliphatic carbocycles. The number of nitrogens with zero attached hydrogens (tertiary/aromatic N) is 2. The van der Waals surface area contributed by atoms with Crippen LogP contribution in [0, 0.1) is 5.92 Å². The highest BCUT2D eigenvalue weighted by atomic mass is 32.1. The van der Waals surface area contributed by atoms with Gasteiger partial charge in [-0.15, -0.1) is 11.3 Å². The summed E-state index contributed by atoms with van der Waals surface area (Å²) in [6.07, 6.45) is 3.62. The lowest BCUT2D eigenvalue weighted by Crippen LogP contribution is -2.44. The number of carbonyl (C=O) groups excluding carboxylic acids is 2. The zero-order valence-corrected chi connectivity index (χ0v) is 15.6. The molecule has 4 rings (SSSR count). The summed E-state index contributed by atoms with van der Waals surface area (Å²) in [4.78, 5) is 33.5. The first-order chi connectivity index (χ1) is 13.1. The van der Waals surface area contributed by atoms with Gasteiger partial charge in [0.2, 0.25) is 11.8 Å². The second-order valence-electron chi connectivity index (χ2n) is 6.82. The van der Waals surface area contributed by atoms with Gasteiger partial charge in [0.1, 0.15) is 0 Å². The molecule has 1 fully saturated rings. The van der Waals surface area contributed by atoms with Crippen molar-refractivity contribution >= 4 is 39.2 Å². The highest BCUT2D eigenvalue weighted by Gasteiger charge is 2.27. The summed E-state index contributed by atoms with van der Waals surface area (Å²) >= 11 is 1.42. The van der Waals surface area contributed by atoms with Crippen molar-refractivity contribution in [1.82, 2.24) is 14.9 Å². The number of primary amides is 1. The van der Waals surface area contributed by atoms with Crippen molar-refractivity contribution in [1.29, 1.82) is 0 Å². The third kappa shape index (κ3) is 3.86. The minimum absolute atomic E-state index is 0.0519. The molecule has 27 heavy (non-hydrogen) atoms. The molecule has 3 aromatic rings. The van der Waals surface area contributed by atoms with Crippen molar-refractivity contribution in [3.63, 3.8) is 0 Å². The molecule has 8 heteroatoms. The Morgan fingerprint density at radius 2 is 2.22 bits per heavy atom. The number of para-hydroxylation sites is 1. The molecule has 140 valence electrons. The second-order valence-corrected chi connectivity index (χ2v) is 7.67. The number of anilines is 1. The molecule has 1 aromatic carbocycles. The van der Waals surface area contributed by atoms with E-state index in [1.165, 1.54) is 11.3 Å². The zero-order chi connectivity index (χ0) is 18.8. The summed E-state index contributed by atoms with van der Waals surface area (Å²) in [5.74, 6) is -0.568. The fraction of sp³-hybridized carbons (Fsp3) is 0.316. The van der Waals surface area contributed by atoms with E-state index in [1.54, 1.807) is 0 Å². The summed E-state index contributed by atoms with van der Waals surface area (Å²) in [6, 6.07) is 8.06. The molecule has 1 atom stereocenters. The van der Waals surface area contributed by atoms with Crippen LogP contribution in [-0.2, 0) is 9.59 Å². The number of aromatic nitrogens is 2. The summed E-state index contributed by atoms with van der Waals surface area (Å²) < 4.78 is 0. The second kappa shape index (κ2) is 7.50. The van der Waals surface area contributed by atoms with Gasteiger partial charge in [0.05, 0.1) is 18.2 Å². The van der Waals surface area contributed by atoms with E-state index in [0.29, 0.717) is 11.7 Å². The largest absolute Gasteiger partial charge is 0.369 e. The van der Waals surface area contributed by atoms with E-state index in [2.05, 4.69) is 15.3 Å². The van der Waals surface area contributed by atoms with E-state index in [0.717, 1.165) is 41.5 Å². The molecule has 0 radical (unpaired) electrons. The van der Waals surface area contributed by atoms with Crippen molar-refractivity contribution in [2.75, 3.05) is 25.0 Å². The minimum Gasteiger partial charge on any atom is -0.369 e. The van der Waals surface area contributed by atoms with Crippen LogP contribution in [0.2, 0.25) is 0 Å². The number of benzene rings is 1. The maximum atomic E-state index is 12.6. The molecule has 0 spiro atoms. The molecule has 2 amide bonds. The first kappa shape index (κ1) is 17.7. The van der Waals surface area contributed by atoms with Crippen LogP contribution in [0.15, 0.2) is 35.8 Å². The molecule has 1 aliphatic rings. The molecule has 0 bridgehead atoms. The van der Waals surface area contributed by atoms with Gasteiger partial charge in [-0.25, -0.2) is 4.98 Å². The predicted molar refractivity (Wildman–Crippen MR) is 106 cm³/mol. The lowest BCUT2D eigenvalue weighted by molar-refractivity contribution is -0.124. The van der Waals surface area contributed by atoms with Crippen LogP contribution in [0.4, 0.5) is 5.13 Å². The monoisotopic (exact) mass is 383 g/mol. The smallest absolute Gasteiger partial charge is 0.231 e. The predicted octanol–water partition coefficient (Wildman–Crippen LogP) is 2.43. The number of fused-ring (bicyclic) bond motifs is 1. The third-order valence-corrected chi connectivity index (χ3v) is 5.61. The molecule has 0 saturated carbocycles. The Bertz CT molecular complexity index is 979. The number of carbonyl (C=O) groups is 2. The van der Waals surface area contributed by atoms with Gasteiger partial charge in [0.25, 0.3) is 0 Å². The summed E-state index contributed by atoms with van der Waals surface area (Å²) in [7, 11) is 0. The van der Waals surface area contributed by atoms with E-state index in [4.69, 9.17) is 5.73 Å². The van der Waals surface area contributed by atoms with Crippen molar-refractivity contribution in [2.24, 2.45) is 11.7 Å². The number of thiazole rings is 1. The minimum atomic E-state index is -0.362. The maximum Gasteiger partial charge on any atom is 0.231 e. The van der Waals surface area contributed by atoms with Crippen LogP contribution < -0.4 is 11.1 Å². The van der Waals surface area contributed by atoms with Crippen LogP contribution in [0.3, 0.4) is 0 Å². The maximum absolute atomic E-state index is 12.6. The molecule has 3 heterocycles. The SMILES string of the molecule is NC(=O)CN1CCC[C@H](C(=O)Nc2nc(-c3c[nH]c4ccccc34)cs2)C1. The zero-order valence-electron chi connectivity index (χ0n) is 14.8. The number of piperidine rings is 1. The van der Waals surface area contributed by atoms with Gasteiger partial charge in [-0.1, -0.05) is 18.2 Å². The quantitative estimate of drug-likeness (QED) is 0.629. The Hall–Kier alpha value is -2.71. The van der Waals surface area contributed by atoms with Gasteiger partial charge in [0.15, 0.2) is 5.13 Å². The number of nitrogens with one attached hydrogen (secondary N) is 2. The molecule has 2 aromatic heterocycles. The van der Waals surface area contributed by atoms with Crippen molar-refractivity contribution in [3.8, 4) is 11.3 Å². The third-order valence-electron chi connectivity index (χ3n) is 4.86. The lowest BCUT2D eigenvalue weighted by Gasteiger charge is -2.30. The Balaban J connectivity index is 1.44. The van der Waals surface area contributed by atoms with Crippen LogP contribution in [0.1, 0.15) is 12.8 Å². The van der Waals surface area contributed by atoms with Crippen molar-refractivity contribution in [3.05, 3.63) is 35.8 Å². The van der Waals surface area contributed by atoms with E-state index < -0.39 is 0 Å². The van der Waals surface area contributed by atoms with Gasteiger partial charge in [-0.05, 0) is 25.5 Å². The van der Waals surface area contributed by atoms with E-state index >= 15 is 0 Å². The van der Waals surface area contributed by atoms with Crippen LogP contribution in [0.5, 0.6) is 0 Å². The first-order valence-electron chi connectivity index (χ1n) is 8.93. The van der Waals surface area contributed by atoms with Crippen LogP contribution in [-0.4, -0.2) is 46.3 Å². The molecule has 7 nitrogen and oxygen atoms in total. The lowest BCUT2D eigenvalue weighted by atomic mass is 9.97. The van der Waals surface area contributed by atoms with Gasteiger partial charge < -0.3 is 16.0 Å². The Morgan fingerprint density at radius 3 is 3.07 bits per heavy atom. The van der Waals surface area contributed by atoms with E-state index in [-0.39, 0.29) is 24.3 Å². The van der Waals surface area contributed by atoms with Crippen LogP contribution in [0.25, 0.3) is 22.2 Å². The summed E-state index contributed by atoms with van der Waals surface area (Å²) in [6.45, 7) is 1.55. The first-order valence-corrected chi connectivity index (χ1v) is 9.81. The van der Waals surface area contributed by atoms with Crippen LogP contribution >= 0.6 is 11.3 Å². The molecule has 1 aliphatic heterocycles. The number of aromatic amines is 1. The number of amides is 2. The fourth-order valence-electron chi connectivity index (χ4n) is 3.58. The molecule has 0 unspecified atom stereocenters. The van der Waals surface area contributed by atoms with Crippen molar-refractivity contribution < 1.29 is 9.59 Å². The van der Waals surface area contributed by atoms with Gasteiger partial charge >= 0.3 is 0 Å². The van der Waals surface area contributed by atoms with E-state index in [9.17, 15) is 9.59 Å². The highest BCUT2D eigenvalue weighted by Crippen LogP contribution is 2.31. The normalized spacial score (nSPS) is 17.9. The number of likely N-dealkylation sites (tertiary alicyclic amines) is 1. The molecular formula is C19H21N5O2S. The topological polar surface area (TPSA) is 104 Å². The van der Waals surface area contributed by atoms with E-state index in [1.807, 2.05) is 40.7 Å². The van der Waals surface area contributed by atoms with Gasteiger partial charge in [0, 0.05) is 34.6 Å². The average Bonchev–Trinajstić information content (AvgIpc) is 3.28. The Morgan fingerprint density at radius 1 is 1.37 bits per heavy atom. The average molecular weight is 383 g/mol. The number of hydrogen-bond acceptors (Lipinski definition) is 5. The number of hydrogen-bond donors (Lipinski definition) is 3. The number of nitrogens with two attached hydrogens (primary N) is 1. The fourth-order valence-corrected chi connectivity index (χ4v) is 4.29. The Labute approximate surface area is 160 Å². The Kier molecular flexibility index (Phi) is 4.91.